The SMILES string of the molecule is COC(C#N)(CCc1ccc2c(N)ncnn12)COP(=O)(N[C@@H](C)C(=O)OC1CCC(C(F)(F)F)CC1)Oc1ccccc1. The molecule has 12 nitrogen and oxygen atoms in total. The first-order valence-electron chi connectivity index (χ1n) is 13.9. The number of hydrogen-bond donors (Lipinski definition) is 2. The highest BCUT2D eigenvalue weighted by Crippen LogP contribution is 2.46. The van der Waals surface area contributed by atoms with Crippen molar-refractivity contribution in [2.45, 2.75) is 69.4 Å². The van der Waals surface area contributed by atoms with Crippen molar-refractivity contribution < 1.29 is 41.1 Å². The minimum atomic E-state index is -4.36. The van der Waals surface area contributed by atoms with Crippen LogP contribution in [-0.4, -0.2) is 58.2 Å². The van der Waals surface area contributed by atoms with Gasteiger partial charge in [-0.3, -0.25) is 9.32 Å². The number of benzene rings is 1. The molecular formula is C28H34F3N6O6P. The number of fused-ring (bicyclic) bond motifs is 1. The average Bonchev–Trinajstić information content (AvgIpc) is 3.42. The Bertz CT molecular complexity index is 1510. The Morgan fingerprint density at radius 1 is 1.20 bits per heavy atom. The zero-order valence-corrected chi connectivity index (χ0v) is 25.1. The van der Waals surface area contributed by atoms with Crippen molar-refractivity contribution in [2.24, 2.45) is 5.92 Å². The van der Waals surface area contributed by atoms with Crippen LogP contribution >= 0.6 is 7.75 Å². The van der Waals surface area contributed by atoms with Gasteiger partial charge in [-0.25, -0.2) is 14.1 Å². The fourth-order valence-corrected chi connectivity index (χ4v) is 6.39. The molecule has 0 saturated heterocycles. The van der Waals surface area contributed by atoms with E-state index in [-0.39, 0.29) is 37.9 Å². The molecule has 0 bridgehead atoms. The minimum absolute atomic E-state index is 0.0609. The van der Waals surface area contributed by atoms with E-state index < -0.39 is 50.2 Å². The second-order valence-corrected chi connectivity index (χ2v) is 12.2. The fraction of sp³-hybridized carbons (Fsp3) is 0.500. The van der Waals surface area contributed by atoms with Gasteiger partial charge in [-0.1, -0.05) is 18.2 Å². The number of nitriles is 1. The molecule has 0 radical (unpaired) electrons. The summed E-state index contributed by atoms with van der Waals surface area (Å²) in [4.78, 5) is 16.8. The molecule has 4 rings (SSSR count). The molecule has 3 N–H and O–H groups in total. The molecule has 0 spiro atoms. The summed E-state index contributed by atoms with van der Waals surface area (Å²) in [7, 11) is -3.05. The maximum atomic E-state index is 14.0. The number of esters is 1. The highest BCUT2D eigenvalue weighted by atomic mass is 31.2. The quantitative estimate of drug-likeness (QED) is 0.191. The van der Waals surface area contributed by atoms with Crippen LogP contribution in [0.5, 0.6) is 5.75 Å². The van der Waals surface area contributed by atoms with Crippen molar-refractivity contribution in [2.75, 3.05) is 19.5 Å². The largest absolute Gasteiger partial charge is 0.461 e. The van der Waals surface area contributed by atoms with Crippen LogP contribution < -0.4 is 15.3 Å². The molecule has 2 unspecified atom stereocenters. The normalized spacial score (nSPS) is 20.6. The van der Waals surface area contributed by atoms with Crippen molar-refractivity contribution in [3.8, 4) is 11.8 Å². The van der Waals surface area contributed by atoms with Crippen LogP contribution in [0.1, 0.15) is 44.7 Å². The number of nitrogens with one attached hydrogen (secondary N) is 1. The molecule has 44 heavy (non-hydrogen) atoms. The summed E-state index contributed by atoms with van der Waals surface area (Å²) in [5.41, 5.74) is 5.63. The summed E-state index contributed by atoms with van der Waals surface area (Å²) in [5.74, 6) is -1.81. The summed E-state index contributed by atoms with van der Waals surface area (Å²) < 4.78 is 76.9. The number of nitrogens with zero attached hydrogens (tertiary/aromatic N) is 4. The molecule has 0 aliphatic heterocycles. The van der Waals surface area contributed by atoms with E-state index in [0.717, 1.165) is 0 Å². The Hall–Kier alpha value is -3.70. The highest BCUT2D eigenvalue weighted by molar-refractivity contribution is 7.52. The lowest BCUT2D eigenvalue weighted by Crippen LogP contribution is -2.40. The van der Waals surface area contributed by atoms with Crippen LogP contribution in [0.4, 0.5) is 19.0 Å². The molecule has 0 amide bonds. The third-order valence-electron chi connectivity index (χ3n) is 7.50. The predicted molar refractivity (Wildman–Crippen MR) is 152 cm³/mol. The molecule has 1 fully saturated rings. The number of carbonyl (C=O) groups excluding carboxylic acids is 1. The first-order chi connectivity index (χ1) is 20.9. The lowest BCUT2D eigenvalue weighted by atomic mass is 9.87. The monoisotopic (exact) mass is 638 g/mol. The molecule has 1 saturated carbocycles. The molecular weight excluding hydrogens is 604 g/mol. The van der Waals surface area contributed by atoms with Crippen LogP contribution in [0, 0.1) is 17.2 Å². The number of ether oxygens (including phenoxy) is 2. The van der Waals surface area contributed by atoms with Crippen molar-refractivity contribution in [1.82, 2.24) is 19.7 Å². The number of rotatable bonds is 13. The third-order valence-corrected chi connectivity index (χ3v) is 9.13. The number of aromatic nitrogens is 3. The topological polar surface area (TPSA) is 163 Å². The van der Waals surface area contributed by atoms with Crippen LogP contribution in [0.25, 0.3) is 5.52 Å². The summed E-state index contributed by atoms with van der Waals surface area (Å²) in [6.45, 7) is 0.855. The maximum absolute atomic E-state index is 14.0. The van der Waals surface area contributed by atoms with E-state index in [1.165, 1.54) is 32.5 Å². The zero-order valence-electron chi connectivity index (χ0n) is 24.2. The molecule has 3 aromatic rings. The summed E-state index contributed by atoms with van der Waals surface area (Å²) in [5, 5.41) is 16.8. The second kappa shape index (κ2) is 13.9. The van der Waals surface area contributed by atoms with Gasteiger partial charge in [-0.05, 0) is 69.7 Å². The van der Waals surface area contributed by atoms with Gasteiger partial charge in [0, 0.05) is 12.8 Å². The smallest absolute Gasteiger partial charge is 0.459 e. The maximum Gasteiger partial charge on any atom is 0.459 e. The number of nitrogen functional groups attached to an aromatic ring is 1. The van der Waals surface area contributed by atoms with E-state index in [1.807, 2.05) is 0 Å². The van der Waals surface area contributed by atoms with Gasteiger partial charge in [0.15, 0.2) is 11.4 Å². The van der Waals surface area contributed by atoms with Gasteiger partial charge in [0.1, 0.15) is 42.4 Å². The molecule has 1 aliphatic carbocycles. The average molecular weight is 639 g/mol. The first-order valence-corrected chi connectivity index (χ1v) is 15.5. The van der Waals surface area contributed by atoms with Gasteiger partial charge in [0.2, 0.25) is 0 Å². The minimum Gasteiger partial charge on any atom is -0.461 e. The summed E-state index contributed by atoms with van der Waals surface area (Å²) in [6.07, 6.45) is -3.45. The molecule has 1 aromatic carbocycles. The number of alkyl halides is 3. The summed E-state index contributed by atoms with van der Waals surface area (Å²) in [6, 6.07) is 12.4. The van der Waals surface area contributed by atoms with Crippen molar-refractivity contribution >= 4 is 25.1 Å². The Morgan fingerprint density at radius 2 is 1.91 bits per heavy atom. The predicted octanol–water partition coefficient (Wildman–Crippen LogP) is 5.00. The fourth-order valence-electron chi connectivity index (χ4n) is 4.86. The van der Waals surface area contributed by atoms with Crippen LogP contribution in [-0.2, 0) is 29.8 Å². The van der Waals surface area contributed by atoms with Gasteiger partial charge >= 0.3 is 19.9 Å². The lowest BCUT2D eigenvalue weighted by molar-refractivity contribution is -0.188. The highest BCUT2D eigenvalue weighted by Gasteiger charge is 2.43. The van der Waals surface area contributed by atoms with E-state index in [2.05, 4.69) is 21.2 Å². The number of halogens is 3. The lowest BCUT2D eigenvalue weighted by Gasteiger charge is -2.31. The second-order valence-electron chi connectivity index (χ2n) is 10.6. The van der Waals surface area contributed by atoms with Gasteiger partial charge in [0.05, 0.1) is 5.92 Å². The molecule has 16 heteroatoms. The molecule has 2 aromatic heterocycles. The van der Waals surface area contributed by atoms with E-state index in [0.29, 0.717) is 23.4 Å². The van der Waals surface area contributed by atoms with Crippen molar-refractivity contribution in [1.29, 1.82) is 5.26 Å². The first kappa shape index (κ1) is 33.2. The number of anilines is 1. The Balaban J connectivity index is 1.44. The number of methoxy groups -OCH3 is 1. The van der Waals surface area contributed by atoms with Gasteiger partial charge in [-0.2, -0.15) is 28.6 Å². The number of nitrogens with two attached hydrogens (primary N) is 1. The van der Waals surface area contributed by atoms with E-state index in [9.17, 15) is 27.8 Å². The van der Waals surface area contributed by atoms with Gasteiger partial charge < -0.3 is 19.7 Å². The third kappa shape index (κ3) is 8.26. The summed E-state index contributed by atoms with van der Waals surface area (Å²) >= 11 is 0. The molecule has 1 aliphatic rings. The van der Waals surface area contributed by atoms with E-state index in [4.69, 9.17) is 24.3 Å². The zero-order chi connectivity index (χ0) is 32.0. The van der Waals surface area contributed by atoms with Crippen LogP contribution in [0.2, 0.25) is 0 Å². The van der Waals surface area contributed by atoms with E-state index in [1.54, 1.807) is 34.8 Å². The number of carbonyl (C=O) groups is 1. The van der Waals surface area contributed by atoms with E-state index >= 15 is 0 Å². The Labute approximate surface area is 252 Å². The van der Waals surface area contributed by atoms with Crippen molar-refractivity contribution in [3.63, 3.8) is 0 Å². The molecule has 238 valence electrons. The molecule has 2 heterocycles. The Morgan fingerprint density at radius 3 is 2.55 bits per heavy atom. The molecule has 3 atom stereocenters. The number of para-hydroxylation sites is 1. The Kier molecular flexibility index (Phi) is 10.5. The van der Waals surface area contributed by atoms with Gasteiger partial charge in [-0.15, -0.1) is 0 Å². The van der Waals surface area contributed by atoms with Crippen molar-refractivity contribution in [3.05, 3.63) is 54.5 Å². The van der Waals surface area contributed by atoms with Crippen LogP contribution in [0.15, 0.2) is 48.8 Å². The van der Waals surface area contributed by atoms with Crippen LogP contribution in [0.3, 0.4) is 0 Å². The number of hydrogen-bond acceptors (Lipinski definition) is 10. The van der Waals surface area contributed by atoms with Gasteiger partial charge in [0.25, 0.3) is 0 Å². The standard InChI is InChI=1S/C28H34F3N6O6P/c1-19(26(38)42-22-11-8-20(9-12-22)28(29,30)31)36-44(39,43-23-6-4-3-5-7-23)41-17-27(16-32,40-2)15-14-21-10-13-24-25(33)34-18-35-37(21)24/h3-7,10,13,18-20,22H,8-9,11-12,14-15,17H2,1-2H3,(H,36,39)(H2,33,34,35)/t19-,20?,22?,27?,44?/m0/s1. The number of aryl methyl sites for hydroxylation is 1.